The van der Waals surface area contributed by atoms with Gasteiger partial charge >= 0.3 is 6.09 Å². The van der Waals surface area contributed by atoms with Crippen LogP contribution in [0.2, 0.25) is 0 Å². The average Bonchev–Trinajstić information content (AvgIpc) is 2.28. The van der Waals surface area contributed by atoms with Crippen molar-refractivity contribution in [3.8, 4) is 0 Å². The Hall–Kier alpha value is -0.850. The van der Waals surface area contributed by atoms with Gasteiger partial charge in [-0.3, -0.25) is 5.43 Å². The first-order valence-corrected chi connectivity index (χ1v) is 6.41. The van der Waals surface area contributed by atoms with Gasteiger partial charge in [-0.15, -0.1) is 0 Å². The van der Waals surface area contributed by atoms with E-state index in [1.54, 1.807) is 11.9 Å². The number of nitrogens with zero attached hydrogens (tertiary/aromatic N) is 1. The Balaban J connectivity index is 2.24. The van der Waals surface area contributed by atoms with Crippen LogP contribution >= 0.6 is 0 Å². The molecule has 0 atom stereocenters. The third-order valence-corrected chi connectivity index (χ3v) is 2.66. The Labute approximate surface area is 109 Å². The standard InChI is InChI=1S/C12H25N3O3/c1-12(2,3)18-11(16)15-7-5-10(6-8-15)17-9-14-13-4/h10,13-14H,5-9H2,1-4H3. The van der Waals surface area contributed by atoms with E-state index in [2.05, 4.69) is 10.9 Å². The maximum atomic E-state index is 11.8. The van der Waals surface area contributed by atoms with Crippen LogP contribution in [-0.4, -0.2) is 49.6 Å². The fourth-order valence-electron chi connectivity index (χ4n) is 1.76. The summed E-state index contributed by atoms with van der Waals surface area (Å²) in [5.41, 5.74) is 5.25. The van der Waals surface area contributed by atoms with Gasteiger partial charge in [0.15, 0.2) is 0 Å². The summed E-state index contributed by atoms with van der Waals surface area (Å²) in [4.78, 5) is 13.6. The molecule has 1 aliphatic rings. The highest BCUT2D eigenvalue weighted by molar-refractivity contribution is 5.68. The third kappa shape index (κ3) is 5.66. The van der Waals surface area contributed by atoms with Crippen molar-refractivity contribution < 1.29 is 14.3 Å². The van der Waals surface area contributed by atoms with Crippen LogP contribution in [0.5, 0.6) is 0 Å². The summed E-state index contributed by atoms with van der Waals surface area (Å²) in [5, 5.41) is 0. The van der Waals surface area contributed by atoms with Gasteiger partial charge in [-0.2, -0.15) is 0 Å². The molecular weight excluding hydrogens is 234 g/mol. The predicted octanol–water partition coefficient (Wildman–Crippen LogP) is 1.08. The minimum absolute atomic E-state index is 0.213. The lowest BCUT2D eigenvalue weighted by molar-refractivity contribution is -0.0181. The number of carbonyl (C=O) groups excluding carboxylic acids is 1. The van der Waals surface area contributed by atoms with Gasteiger partial charge in [0, 0.05) is 13.1 Å². The third-order valence-electron chi connectivity index (χ3n) is 2.66. The van der Waals surface area contributed by atoms with Crippen molar-refractivity contribution >= 4 is 6.09 Å². The summed E-state index contributed by atoms with van der Waals surface area (Å²) < 4.78 is 10.9. The zero-order valence-corrected chi connectivity index (χ0v) is 11.8. The average molecular weight is 259 g/mol. The Bertz CT molecular complexity index is 258. The molecule has 0 aromatic carbocycles. The van der Waals surface area contributed by atoms with Crippen molar-refractivity contribution in [1.29, 1.82) is 0 Å². The highest BCUT2D eigenvalue weighted by Crippen LogP contribution is 2.16. The molecular formula is C12H25N3O3. The first-order valence-electron chi connectivity index (χ1n) is 6.41. The topological polar surface area (TPSA) is 62.8 Å². The van der Waals surface area contributed by atoms with Gasteiger partial charge < -0.3 is 14.4 Å². The molecule has 1 aliphatic heterocycles. The van der Waals surface area contributed by atoms with Crippen LogP contribution in [0.15, 0.2) is 0 Å². The maximum Gasteiger partial charge on any atom is 0.410 e. The van der Waals surface area contributed by atoms with E-state index in [9.17, 15) is 4.79 Å². The molecule has 18 heavy (non-hydrogen) atoms. The van der Waals surface area contributed by atoms with Crippen LogP contribution in [0.4, 0.5) is 4.79 Å². The highest BCUT2D eigenvalue weighted by Gasteiger charge is 2.26. The van der Waals surface area contributed by atoms with Crippen molar-refractivity contribution in [2.45, 2.75) is 45.3 Å². The lowest BCUT2D eigenvalue weighted by atomic mass is 10.1. The Morgan fingerprint density at radius 3 is 2.44 bits per heavy atom. The van der Waals surface area contributed by atoms with E-state index in [1.165, 1.54) is 0 Å². The Morgan fingerprint density at radius 2 is 1.94 bits per heavy atom. The molecule has 0 saturated carbocycles. The van der Waals surface area contributed by atoms with E-state index in [-0.39, 0.29) is 12.2 Å². The fraction of sp³-hybridized carbons (Fsp3) is 0.917. The molecule has 0 radical (unpaired) electrons. The molecule has 6 heteroatoms. The van der Waals surface area contributed by atoms with Gasteiger partial charge in [0.05, 0.1) is 6.10 Å². The maximum absolute atomic E-state index is 11.8. The van der Waals surface area contributed by atoms with Gasteiger partial charge in [-0.25, -0.2) is 10.2 Å². The summed E-state index contributed by atoms with van der Waals surface area (Å²) in [5.74, 6) is 0. The first-order chi connectivity index (χ1) is 8.42. The SMILES string of the molecule is CNNCOC1CCN(C(=O)OC(C)(C)C)CC1. The molecule has 0 aromatic heterocycles. The zero-order valence-electron chi connectivity index (χ0n) is 11.8. The van der Waals surface area contributed by atoms with Crippen molar-refractivity contribution in [2.75, 3.05) is 26.9 Å². The number of likely N-dealkylation sites (tertiary alicyclic amines) is 1. The molecule has 0 unspecified atom stereocenters. The minimum atomic E-state index is -0.429. The molecule has 1 rings (SSSR count). The van der Waals surface area contributed by atoms with Gasteiger partial charge in [0.2, 0.25) is 0 Å². The second-order valence-corrected chi connectivity index (χ2v) is 5.40. The fourth-order valence-corrected chi connectivity index (χ4v) is 1.76. The van der Waals surface area contributed by atoms with Gasteiger partial charge in [0.1, 0.15) is 12.3 Å². The molecule has 0 aromatic rings. The quantitative estimate of drug-likeness (QED) is 0.449. The van der Waals surface area contributed by atoms with Gasteiger partial charge in [-0.05, 0) is 40.7 Å². The van der Waals surface area contributed by atoms with Crippen molar-refractivity contribution in [3.05, 3.63) is 0 Å². The number of nitrogens with one attached hydrogen (secondary N) is 2. The molecule has 2 N–H and O–H groups in total. The summed E-state index contributed by atoms with van der Waals surface area (Å²) in [6.45, 7) is 7.50. The lowest BCUT2D eigenvalue weighted by Crippen LogP contribution is -2.44. The summed E-state index contributed by atoms with van der Waals surface area (Å²) >= 11 is 0. The number of ether oxygens (including phenoxy) is 2. The summed E-state index contributed by atoms with van der Waals surface area (Å²) in [7, 11) is 1.80. The van der Waals surface area contributed by atoms with Crippen LogP contribution in [0.1, 0.15) is 33.6 Å². The molecule has 1 saturated heterocycles. The van der Waals surface area contributed by atoms with Crippen LogP contribution < -0.4 is 10.9 Å². The van der Waals surface area contributed by atoms with Crippen LogP contribution in [0, 0.1) is 0 Å². The largest absolute Gasteiger partial charge is 0.444 e. The molecule has 106 valence electrons. The summed E-state index contributed by atoms with van der Waals surface area (Å²) in [6, 6.07) is 0. The van der Waals surface area contributed by atoms with E-state index in [0.717, 1.165) is 12.8 Å². The van der Waals surface area contributed by atoms with E-state index >= 15 is 0 Å². The molecule has 6 nitrogen and oxygen atoms in total. The monoisotopic (exact) mass is 259 g/mol. The molecule has 0 spiro atoms. The second-order valence-electron chi connectivity index (χ2n) is 5.40. The Morgan fingerprint density at radius 1 is 1.33 bits per heavy atom. The van der Waals surface area contributed by atoms with Crippen LogP contribution in [0.25, 0.3) is 0 Å². The normalized spacial score (nSPS) is 17.9. The van der Waals surface area contributed by atoms with Crippen molar-refractivity contribution in [2.24, 2.45) is 0 Å². The minimum Gasteiger partial charge on any atom is -0.444 e. The number of hydrogen-bond donors (Lipinski definition) is 2. The Kier molecular flexibility index (Phi) is 5.84. The zero-order chi connectivity index (χ0) is 13.6. The van der Waals surface area contributed by atoms with E-state index in [4.69, 9.17) is 9.47 Å². The first kappa shape index (κ1) is 15.2. The van der Waals surface area contributed by atoms with E-state index in [1.807, 2.05) is 20.8 Å². The number of amides is 1. The smallest absolute Gasteiger partial charge is 0.410 e. The number of hydrazine groups is 1. The number of hydrogen-bond acceptors (Lipinski definition) is 5. The van der Waals surface area contributed by atoms with Crippen LogP contribution in [-0.2, 0) is 9.47 Å². The van der Waals surface area contributed by atoms with E-state index in [0.29, 0.717) is 19.8 Å². The number of piperidine rings is 1. The highest BCUT2D eigenvalue weighted by atomic mass is 16.6. The molecule has 1 amide bonds. The van der Waals surface area contributed by atoms with Crippen molar-refractivity contribution in [3.63, 3.8) is 0 Å². The lowest BCUT2D eigenvalue weighted by Gasteiger charge is -2.33. The van der Waals surface area contributed by atoms with Gasteiger partial charge in [-0.1, -0.05) is 0 Å². The van der Waals surface area contributed by atoms with Gasteiger partial charge in [0.25, 0.3) is 0 Å². The molecule has 0 aliphatic carbocycles. The van der Waals surface area contributed by atoms with E-state index < -0.39 is 5.60 Å². The molecule has 1 heterocycles. The summed E-state index contributed by atoms with van der Waals surface area (Å²) in [6.07, 6.45) is 1.69. The van der Waals surface area contributed by atoms with Crippen LogP contribution in [0.3, 0.4) is 0 Å². The number of carbonyl (C=O) groups is 1. The molecule has 0 bridgehead atoms. The second kappa shape index (κ2) is 6.92. The number of rotatable bonds is 4. The molecule has 1 fully saturated rings. The van der Waals surface area contributed by atoms with Crippen molar-refractivity contribution in [1.82, 2.24) is 15.8 Å². The predicted molar refractivity (Wildman–Crippen MR) is 69.0 cm³/mol.